The number of hydrogen-bond donors (Lipinski definition) is 1. The molecule has 0 saturated heterocycles. The van der Waals surface area contributed by atoms with E-state index in [-0.39, 0.29) is 6.10 Å². The number of aliphatic hydroxyl groups is 1. The zero-order chi connectivity index (χ0) is 10.4. The highest BCUT2D eigenvalue weighted by molar-refractivity contribution is 5.21. The minimum atomic E-state index is -0.111. The van der Waals surface area contributed by atoms with Crippen LogP contribution in [-0.4, -0.2) is 11.2 Å². The summed E-state index contributed by atoms with van der Waals surface area (Å²) < 4.78 is 0. The minimum absolute atomic E-state index is 0.111. The normalized spacial score (nSPS) is 12.8. The molecule has 1 aromatic carbocycles. The lowest BCUT2D eigenvalue weighted by molar-refractivity contribution is 0.158. The van der Waals surface area contributed by atoms with Crippen molar-refractivity contribution in [2.24, 2.45) is 0 Å². The van der Waals surface area contributed by atoms with Crippen molar-refractivity contribution in [1.82, 2.24) is 0 Å². The molecule has 1 N–H and O–H groups in total. The molecule has 14 heavy (non-hydrogen) atoms. The fourth-order valence-corrected chi connectivity index (χ4v) is 1.50. The molecule has 1 aromatic rings. The predicted octanol–water partition coefficient (Wildman–Crippen LogP) is 3.09. The number of aryl methyl sites for hydroxylation is 2. The second kappa shape index (κ2) is 5.82. The van der Waals surface area contributed by atoms with E-state index < -0.39 is 0 Å². The molecule has 0 saturated carbocycles. The lowest BCUT2D eigenvalue weighted by Gasteiger charge is -2.07. The van der Waals surface area contributed by atoms with Crippen molar-refractivity contribution in [2.45, 2.75) is 45.6 Å². The van der Waals surface area contributed by atoms with Crippen molar-refractivity contribution in [3.8, 4) is 0 Å². The highest BCUT2D eigenvalue weighted by atomic mass is 16.3. The summed E-state index contributed by atoms with van der Waals surface area (Å²) in [7, 11) is 0. The summed E-state index contributed by atoms with van der Waals surface area (Å²) in [6.07, 6.45) is 3.84. The van der Waals surface area contributed by atoms with Gasteiger partial charge in [-0.05, 0) is 38.2 Å². The topological polar surface area (TPSA) is 20.2 Å². The maximum Gasteiger partial charge on any atom is 0.0537 e. The first kappa shape index (κ1) is 11.3. The Kier molecular flexibility index (Phi) is 4.68. The molecular formula is C13H20O. The summed E-state index contributed by atoms with van der Waals surface area (Å²) in [6.45, 7) is 4.13. The summed E-state index contributed by atoms with van der Waals surface area (Å²) >= 11 is 0. The molecule has 1 atom stereocenters. The zero-order valence-corrected chi connectivity index (χ0v) is 9.16. The molecule has 1 heteroatoms. The maximum atomic E-state index is 9.38. The van der Waals surface area contributed by atoms with E-state index in [1.54, 1.807) is 0 Å². The highest BCUT2D eigenvalue weighted by Gasteiger charge is 2.00. The van der Waals surface area contributed by atoms with E-state index in [4.69, 9.17) is 0 Å². The second-order valence-electron chi connectivity index (χ2n) is 3.94. The second-order valence-corrected chi connectivity index (χ2v) is 3.94. The Morgan fingerprint density at radius 3 is 2.43 bits per heavy atom. The molecule has 0 spiro atoms. The molecule has 0 amide bonds. The van der Waals surface area contributed by atoms with Gasteiger partial charge < -0.3 is 5.11 Å². The minimum Gasteiger partial charge on any atom is -0.393 e. The van der Waals surface area contributed by atoms with Crippen LogP contribution in [0.1, 0.15) is 37.3 Å². The van der Waals surface area contributed by atoms with E-state index in [2.05, 4.69) is 31.2 Å². The maximum absolute atomic E-state index is 9.38. The average Bonchev–Trinajstić information content (AvgIpc) is 2.21. The lowest BCUT2D eigenvalue weighted by Crippen LogP contribution is -2.04. The van der Waals surface area contributed by atoms with Gasteiger partial charge in [-0.2, -0.15) is 0 Å². The Bertz CT molecular complexity index is 250. The number of rotatable bonds is 5. The van der Waals surface area contributed by atoms with Gasteiger partial charge >= 0.3 is 0 Å². The van der Waals surface area contributed by atoms with Gasteiger partial charge in [0.05, 0.1) is 6.10 Å². The fraction of sp³-hybridized carbons (Fsp3) is 0.538. The van der Waals surface area contributed by atoms with Gasteiger partial charge in [-0.1, -0.05) is 36.8 Å². The van der Waals surface area contributed by atoms with Gasteiger partial charge in [0.1, 0.15) is 0 Å². The van der Waals surface area contributed by atoms with Crippen LogP contribution in [0.4, 0.5) is 0 Å². The third kappa shape index (κ3) is 3.93. The molecule has 1 unspecified atom stereocenters. The molecule has 0 aliphatic carbocycles. The summed E-state index contributed by atoms with van der Waals surface area (Å²) in [5, 5.41) is 9.38. The summed E-state index contributed by atoms with van der Waals surface area (Å²) in [4.78, 5) is 0. The van der Waals surface area contributed by atoms with Crippen LogP contribution in [0.25, 0.3) is 0 Å². The van der Waals surface area contributed by atoms with Crippen LogP contribution in [0.5, 0.6) is 0 Å². The quantitative estimate of drug-likeness (QED) is 0.760. The van der Waals surface area contributed by atoms with Crippen LogP contribution in [0, 0.1) is 6.92 Å². The van der Waals surface area contributed by atoms with Gasteiger partial charge in [-0.25, -0.2) is 0 Å². The van der Waals surface area contributed by atoms with Gasteiger partial charge in [0.15, 0.2) is 0 Å². The van der Waals surface area contributed by atoms with Crippen molar-refractivity contribution in [2.75, 3.05) is 0 Å². The van der Waals surface area contributed by atoms with Crippen LogP contribution >= 0.6 is 0 Å². The molecule has 0 aromatic heterocycles. The highest BCUT2D eigenvalue weighted by Crippen LogP contribution is 2.09. The number of aliphatic hydroxyl groups excluding tert-OH is 1. The first-order chi connectivity index (χ1) is 6.72. The van der Waals surface area contributed by atoms with E-state index >= 15 is 0 Å². The Morgan fingerprint density at radius 1 is 1.21 bits per heavy atom. The Hall–Kier alpha value is -0.820. The first-order valence-corrected chi connectivity index (χ1v) is 5.46. The molecule has 1 rings (SSSR count). The SMILES string of the molecule is CCC(O)CCCc1ccc(C)cc1. The van der Waals surface area contributed by atoms with Crippen molar-refractivity contribution in [1.29, 1.82) is 0 Å². The van der Waals surface area contributed by atoms with Gasteiger partial charge in [-0.15, -0.1) is 0 Å². The van der Waals surface area contributed by atoms with Crippen LogP contribution < -0.4 is 0 Å². The van der Waals surface area contributed by atoms with Gasteiger partial charge in [-0.3, -0.25) is 0 Å². The molecular weight excluding hydrogens is 172 g/mol. The van der Waals surface area contributed by atoms with E-state index in [0.29, 0.717) is 0 Å². The van der Waals surface area contributed by atoms with Crippen LogP contribution in [-0.2, 0) is 6.42 Å². The predicted molar refractivity (Wildman–Crippen MR) is 60.4 cm³/mol. The Labute approximate surface area is 86.8 Å². The monoisotopic (exact) mass is 192 g/mol. The van der Waals surface area contributed by atoms with E-state index in [0.717, 1.165) is 25.7 Å². The third-order valence-electron chi connectivity index (χ3n) is 2.59. The molecule has 0 bridgehead atoms. The Morgan fingerprint density at radius 2 is 1.86 bits per heavy atom. The summed E-state index contributed by atoms with van der Waals surface area (Å²) in [5.41, 5.74) is 2.68. The summed E-state index contributed by atoms with van der Waals surface area (Å²) in [6, 6.07) is 8.64. The smallest absolute Gasteiger partial charge is 0.0537 e. The van der Waals surface area contributed by atoms with E-state index in [9.17, 15) is 5.11 Å². The molecule has 0 fully saturated rings. The lowest BCUT2D eigenvalue weighted by atomic mass is 10.0. The third-order valence-corrected chi connectivity index (χ3v) is 2.59. The van der Waals surface area contributed by atoms with Crippen molar-refractivity contribution < 1.29 is 5.11 Å². The molecule has 1 nitrogen and oxygen atoms in total. The van der Waals surface area contributed by atoms with Crippen LogP contribution in [0.15, 0.2) is 24.3 Å². The molecule has 0 heterocycles. The average molecular weight is 192 g/mol. The zero-order valence-electron chi connectivity index (χ0n) is 9.16. The molecule has 78 valence electrons. The van der Waals surface area contributed by atoms with Crippen molar-refractivity contribution in [3.05, 3.63) is 35.4 Å². The van der Waals surface area contributed by atoms with Crippen molar-refractivity contribution >= 4 is 0 Å². The largest absolute Gasteiger partial charge is 0.393 e. The van der Waals surface area contributed by atoms with Gasteiger partial charge in [0, 0.05) is 0 Å². The number of hydrogen-bond acceptors (Lipinski definition) is 1. The van der Waals surface area contributed by atoms with Crippen LogP contribution in [0.2, 0.25) is 0 Å². The van der Waals surface area contributed by atoms with Crippen molar-refractivity contribution in [3.63, 3.8) is 0 Å². The molecule has 0 aliphatic rings. The molecule has 0 radical (unpaired) electrons. The van der Waals surface area contributed by atoms with E-state index in [1.165, 1.54) is 11.1 Å². The standard InChI is InChI=1S/C13H20O/c1-3-13(14)6-4-5-12-9-7-11(2)8-10-12/h7-10,13-14H,3-6H2,1-2H3. The van der Waals surface area contributed by atoms with E-state index in [1.807, 2.05) is 6.92 Å². The Balaban J connectivity index is 2.28. The number of benzene rings is 1. The van der Waals surface area contributed by atoms with Gasteiger partial charge in [0.2, 0.25) is 0 Å². The van der Waals surface area contributed by atoms with Crippen LogP contribution in [0.3, 0.4) is 0 Å². The molecule has 0 aliphatic heterocycles. The first-order valence-electron chi connectivity index (χ1n) is 5.46. The fourth-order valence-electron chi connectivity index (χ4n) is 1.50. The van der Waals surface area contributed by atoms with Gasteiger partial charge in [0.25, 0.3) is 0 Å². The summed E-state index contributed by atoms with van der Waals surface area (Å²) in [5.74, 6) is 0.